The lowest BCUT2D eigenvalue weighted by Gasteiger charge is -2.10. The van der Waals surface area contributed by atoms with Gasteiger partial charge in [0, 0.05) is 6.20 Å². The maximum Gasteiger partial charge on any atom is 0.289 e. The Hall–Kier alpha value is -2.89. The van der Waals surface area contributed by atoms with Gasteiger partial charge in [0.2, 0.25) is 0 Å². The molecule has 24 heavy (non-hydrogen) atoms. The van der Waals surface area contributed by atoms with E-state index in [0.29, 0.717) is 23.8 Å². The van der Waals surface area contributed by atoms with Gasteiger partial charge in [0.1, 0.15) is 5.69 Å². The molecule has 1 heterocycles. The molecule has 126 valence electrons. The van der Waals surface area contributed by atoms with Crippen LogP contribution in [0.3, 0.4) is 0 Å². The molecule has 2 aromatic rings. The summed E-state index contributed by atoms with van der Waals surface area (Å²) in [6.07, 6.45) is 5.16. The Kier molecular flexibility index (Phi) is 6.76. The van der Waals surface area contributed by atoms with Crippen LogP contribution in [-0.2, 0) is 0 Å². The van der Waals surface area contributed by atoms with E-state index in [0.717, 1.165) is 18.4 Å². The Labute approximate surface area is 141 Å². The normalized spacial score (nSPS) is 10.6. The number of aromatic nitrogens is 1. The molecule has 0 spiro atoms. The molecule has 0 atom stereocenters. The SMILES string of the molecule is CCCCOc1ccc(/C=N\NC(=O)c2ccccn2)cc1OC. The van der Waals surface area contributed by atoms with Gasteiger partial charge in [0.25, 0.3) is 5.91 Å². The number of nitrogens with one attached hydrogen (secondary N) is 1. The highest BCUT2D eigenvalue weighted by molar-refractivity contribution is 5.93. The van der Waals surface area contributed by atoms with Crippen molar-refractivity contribution in [3.05, 3.63) is 53.9 Å². The Morgan fingerprint density at radius 1 is 1.29 bits per heavy atom. The fraction of sp³-hybridized carbons (Fsp3) is 0.278. The fourth-order valence-electron chi connectivity index (χ4n) is 1.93. The summed E-state index contributed by atoms with van der Waals surface area (Å²) in [5.74, 6) is 0.963. The molecule has 1 aromatic heterocycles. The first-order valence-corrected chi connectivity index (χ1v) is 7.80. The summed E-state index contributed by atoms with van der Waals surface area (Å²) in [7, 11) is 1.59. The second-order valence-electron chi connectivity index (χ2n) is 5.03. The number of hydrogen-bond donors (Lipinski definition) is 1. The van der Waals surface area contributed by atoms with Crippen LogP contribution in [0, 0.1) is 0 Å². The number of carbonyl (C=O) groups excluding carboxylic acids is 1. The lowest BCUT2D eigenvalue weighted by molar-refractivity contribution is 0.0950. The Morgan fingerprint density at radius 3 is 2.88 bits per heavy atom. The maximum absolute atomic E-state index is 11.8. The Balaban J connectivity index is 1.98. The van der Waals surface area contributed by atoms with Gasteiger partial charge in [-0.25, -0.2) is 5.43 Å². The Bertz CT molecular complexity index is 687. The minimum Gasteiger partial charge on any atom is -0.493 e. The van der Waals surface area contributed by atoms with Gasteiger partial charge in [0.05, 0.1) is 19.9 Å². The standard InChI is InChI=1S/C18H21N3O3/c1-3-4-11-24-16-9-8-14(12-17(16)23-2)13-20-21-18(22)15-7-5-6-10-19-15/h5-10,12-13H,3-4,11H2,1-2H3,(H,21,22)/b20-13-. The molecule has 2 rings (SSSR count). The van der Waals surface area contributed by atoms with Crippen LogP contribution in [0.4, 0.5) is 0 Å². The number of carbonyl (C=O) groups is 1. The van der Waals surface area contributed by atoms with E-state index >= 15 is 0 Å². The number of hydrogen-bond acceptors (Lipinski definition) is 5. The highest BCUT2D eigenvalue weighted by Crippen LogP contribution is 2.27. The molecular formula is C18H21N3O3. The summed E-state index contributed by atoms with van der Waals surface area (Å²) >= 11 is 0. The second-order valence-corrected chi connectivity index (χ2v) is 5.03. The minimum atomic E-state index is -0.363. The van der Waals surface area contributed by atoms with E-state index in [1.807, 2.05) is 12.1 Å². The van der Waals surface area contributed by atoms with Gasteiger partial charge in [-0.3, -0.25) is 9.78 Å². The summed E-state index contributed by atoms with van der Waals surface area (Å²) < 4.78 is 11.0. The van der Waals surface area contributed by atoms with Gasteiger partial charge in [-0.15, -0.1) is 0 Å². The van der Waals surface area contributed by atoms with Crippen LogP contribution in [-0.4, -0.2) is 30.8 Å². The summed E-state index contributed by atoms with van der Waals surface area (Å²) in [6, 6.07) is 10.6. The number of hydrazone groups is 1. The summed E-state index contributed by atoms with van der Waals surface area (Å²) in [6.45, 7) is 2.76. The van der Waals surface area contributed by atoms with Gasteiger partial charge in [-0.05, 0) is 42.3 Å². The van der Waals surface area contributed by atoms with Crippen molar-refractivity contribution in [3.63, 3.8) is 0 Å². The van der Waals surface area contributed by atoms with E-state index < -0.39 is 0 Å². The molecule has 1 aromatic carbocycles. The Morgan fingerprint density at radius 2 is 2.17 bits per heavy atom. The van der Waals surface area contributed by atoms with Crippen LogP contribution in [0.25, 0.3) is 0 Å². The predicted molar refractivity (Wildman–Crippen MR) is 92.7 cm³/mol. The minimum absolute atomic E-state index is 0.312. The number of amides is 1. The lowest BCUT2D eigenvalue weighted by Crippen LogP contribution is -2.18. The quantitative estimate of drug-likeness (QED) is 0.459. The van der Waals surface area contributed by atoms with Crippen molar-refractivity contribution in [2.45, 2.75) is 19.8 Å². The van der Waals surface area contributed by atoms with E-state index in [2.05, 4.69) is 22.4 Å². The monoisotopic (exact) mass is 327 g/mol. The molecule has 6 heteroatoms. The molecule has 0 bridgehead atoms. The van der Waals surface area contributed by atoms with Crippen molar-refractivity contribution in [3.8, 4) is 11.5 Å². The van der Waals surface area contributed by atoms with Crippen LogP contribution in [0.5, 0.6) is 11.5 Å². The molecule has 0 saturated heterocycles. The number of rotatable bonds is 8. The topological polar surface area (TPSA) is 72.8 Å². The lowest BCUT2D eigenvalue weighted by atomic mass is 10.2. The summed E-state index contributed by atoms with van der Waals surface area (Å²) in [4.78, 5) is 15.8. The smallest absolute Gasteiger partial charge is 0.289 e. The molecule has 0 aliphatic rings. The summed E-state index contributed by atoms with van der Waals surface area (Å²) in [5.41, 5.74) is 3.54. The number of unbranched alkanes of at least 4 members (excludes halogenated alkanes) is 1. The molecule has 1 amide bonds. The molecule has 1 N–H and O–H groups in total. The van der Waals surface area contributed by atoms with E-state index in [1.54, 1.807) is 43.8 Å². The third-order valence-electron chi connectivity index (χ3n) is 3.22. The third-order valence-corrected chi connectivity index (χ3v) is 3.22. The maximum atomic E-state index is 11.8. The van der Waals surface area contributed by atoms with Gasteiger partial charge in [-0.1, -0.05) is 19.4 Å². The van der Waals surface area contributed by atoms with Crippen LogP contribution in [0.15, 0.2) is 47.7 Å². The second kappa shape index (κ2) is 9.29. The van der Waals surface area contributed by atoms with Gasteiger partial charge < -0.3 is 9.47 Å². The van der Waals surface area contributed by atoms with Crippen LogP contribution in [0.1, 0.15) is 35.8 Å². The first-order chi connectivity index (χ1) is 11.7. The van der Waals surface area contributed by atoms with E-state index in [4.69, 9.17) is 9.47 Å². The summed E-state index contributed by atoms with van der Waals surface area (Å²) in [5, 5.41) is 3.94. The van der Waals surface area contributed by atoms with Crippen molar-refractivity contribution in [2.75, 3.05) is 13.7 Å². The van der Waals surface area contributed by atoms with E-state index in [9.17, 15) is 4.79 Å². The molecule has 6 nitrogen and oxygen atoms in total. The number of methoxy groups -OCH3 is 1. The first-order valence-electron chi connectivity index (χ1n) is 7.80. The molecule has 0 aliphatic carbocycles. The highest BCUT2D eigenvalue weighted by atomic mass is 16.5. The van der Waals surface area contributed by atoms with E-state index in [-0.39, 0.29) is 5.91 Å². The van der Waals surface area contributed by atoms with Crippen LogP contribution >= 0.6 is 0 Å². The van der Waals surface area contributed by atoms with Crippen molar-refractivity contribution in [1.82, 2.24) is 10.4 Å². The van der Waals surface area contributed by atoms with Gasteiger partial charge >= 0.3 is 0 Å². The first kappa shape index (κ1) is 17.5. The van der Waals surface area contributed by atoms with Crippen molar-refractivity contribution in [2.24, 2.45) is 5.10 Å². The van der Waals surface area contributed by atoms with E-state index in [1.165, 1.54) is 0 Å². The zero-order valence-electron chi connectivity index (χ0n) is 13.9. The van der Waals surface area contributed by atoms with Crippen LogP contribution < -0.4 is 14.9 Å². The van der Waals surface area contributed by atoms with Crippen molar-refractivity contribution in [1.29, 1.82) is 0 Å². The number of ether oxygens (including phenoxy) is 2. The van der Waals surface area contributed by atoms with Crippen molar-refractivity contribution >= 4 is 12.1 Å². The zero-order valence-corrected chi connectivity index (χ0v) is 13.9. The highest BCUT2D eigenvalue weighted by Gasteiger charge is 2.06. The molecule has 0 fully saturated rings. The predicted octanol–water partition coefficient (Wildman–Crippen LogP) is 3.03. The molecular weight excluding hydrogens is 306 g/mol. The van der Waals surface area contributed by atoms with Crippen molar-refractivity contribution < 1.29 is 14.3 Å². The van der Waals surface area contributed by atoms with Crippen LogP contribution in [0.2, 0.25) is 0 Å². The van der Waals surface area contributed by atoms with Gasteiger partial charge in [0.15, 0.2) is 11.5 Å². The number of nitrogens with zero attached hydrogens (tertiary/aromatic N) is 2. The molecule has 0 radical (unpaired) electrons. The zero-order chi connectivity index (χ0) is 17.2. The third kappa shape index (κ3) is 5.08. The number of benzene rings is 1. The average molecular weight is 327 g/mol. The molecule has 0 aliphatic heterocycles. The largest absolute Gasteiger partial charge is 0.493 e. The van der Waals surface area contributed by atoms with Gasteiger partial charge in [-0.2, -0.15) is 5.10 Å². The average Bonchev–Trinajstić information content (AvgIpc) is 2.63. The molecule has 0 saturated carbocycles. The molecule has 0 unspecified atom stereocenters. The number of pyridine rings is 1. The fourth-order valence-corrected chi connectivity index (χ4v) is 1.93.